The summed E-state index contributed by atoms with van der Waals surface area (Å²) in [6.07, 6.45) is 4.00. The number of pyridine rings is 1. The molecule has 3 heterocycles. The lowest BCUT2D eigenvalue weighted by Gasteiger charge is -2.27. The molecule has 3 aromatic heterocycles. The average Bonchev–Trinajstić information content (AvgIpc) is 3.06. The van der Waals surface area contributed by atoms with Crippen molar-refractivity contribution in [2.24, 2.45) is 0 Å². The van der Waals surface area contributed by atoms with Crippen molar-refractivity contribution in [3.05, 3.63) is 40.8 Å². The smallest absolute Gasteiger partial charge is 0.159 e. The van der Waals surface area contributed by atoms with Crippen LogP contribution in [0.2, 0.25) is 0 Å². The number of hydrogen-bond donors (Lipinski definition) is 1. The Labute approximate surface area is 161 Å². The quantitative estimate of drug-likeness (QED) is 0.655. The third-order valence-corrected chi connectivity index (χ3v) is 4.80. The Hall–Kier alpha value is -2.63. The number of nitrogens with zero attached hydrogens (tertiary/aromatic N) is 5. The molecule has 0 aromatic carbocycles. The van der Waals surface area contributed by atoms with Gasteiger partial charge in [-0.1, -0.05) is 13.8 Å². The van der Waals surface area contributed by atoms with Crippen LogP contribution in [-0.4, -0.2) is 32.7 Å². The Morgan fingerprint density at radius 3 is 2.37 bits per heavy atom. The van der Waals surface area contributed by atoms with E-state index in [1.54, 1.807) is 0 Å². The first-order valence-electron chi connectivity index (χ1n) is 9.77. The number of hydrogen-bond acceptors (Lipinski definition) is 5. The molecule has 0 aliphatic heterocycles. The van der Waals surface area contributed by atoms with E-state index < -0.39 is 0 Å². The van der Waals surface area contributed by atoms with Gasteiger partial charge in [-0.25, -0.2) is 4.98 Å². The summed E-state index contributed by atoms with van der Waals surface area (Å²) >= 11 is 0. The Balaban J connectivity index is 2.13. The summed E-state index contributed by atoms with van der Waals surface area (Å²) < 4.78 is 1.96. The van der Waals surface area contributed by atoms with E-state index in [2.05, 4.69) is 54.1 Å². The zero-order valence-corrected chi connectivity index (χ0v) is 17.3. The van der Waals surface area contributed by atoms with Gasteiger partial charge in [-0.2, -0.15) is 9.61 Å². The second-order valence-corrected chi connectivity index (χ2v) is 7.16. The zero-order chi connectivity index (χ0) is 19.6. The van der Waals surface area contributed by atoms with Crippen molar-refractivity contribution in [1.29, 1.82) is 0 Å². The topological polar surface area (TPSA) is 58.3 Å². The van der Waals surface area contributed by atoms with Gasteiger partial charge in [0.25, 0.3) is 0 Å². The fourth-order valence-electron chi connectivity index (χ4n) is 3.69. The van der Waals surface area contributed by atoms with Crippen LogP contribution in [0.5, 0.6) is 0 Å². The molecule has 0 fully saturated rings. The van der Waals surface area contributed by atoms with Crippen LogP contribution in [0.15, 0.2) is 18.3 Å². The Morgan fingerprint density at radius 2 is 1.74 bits per heavy atom. The zero-order valence-electron chi connectivity index (χ0n) is 17.3. The highest BCUT2D eigenvalue weighted by Crippen LogP contribution is 2.31. The van der Waals surface area contributed by atoms with Crippen molar-refractivity contribution in [1.82, 2.24) is 19.6 Å². The van der Waals surface area contributed by atoms with E-state index in [9.17, 15) is 0 Å². The molecular weight excluding hydrogens is 336 g/mol. The summed E-state index contributed by atoms with van der Waals surface area (Å²) in [7, 11) is 0. The van der Waals surface area contributed by atoms with Crippen LogP contribution < -0.4 is 10.2 Å². The molecule has 27 heavy (non-hydrogen) atoms. The van der Waals surface area contributed by atoms with E-state index >= 15 is 0 Å². The molecule has 3 rings (SSSR count). The van der Waals surface area contributed by atoms with Crippen LogP contribution in [0, 0.1) is 27.7 Å². The van der Waals surface area contributed by atoms with Crippen molar-refractivity contribution in [3.63, 3.8) is 0 Å². The van der Waals surface area contributed by atoms with Gasteiger partial charge in [-0.05, 0) is 52.2 Å². The van der Waals surface area contributed by atoms with E-state index in [0.29, 0.717) is 0 Å². The van der Waals surface area contributed by atoms with Crippen molar-refractivity contribution < 1.29 is 0 Å². The highest BCUT2D eigenvalue weighted by molar-refractivity contribution is 5.71. The number of aryl methyl sites for hydroxylation is 3. The SMILES string of the molecule is CCCN(CCC)c1c(C)c(Nc2c(C)cc(C)nc2C)nc2ccnn12. The van der Waals surface area contributed by atoms with Crippen LogP contribution in [0.3, 0.4) is 0 Å². The standard InChI is InChI=1S/C21H30N6/c1-7-11-26(12-8-2)21-16(5)20(24-18-9-10-22-27(18)21)25-19-14(3)13-15(4)23-17(19)6/h9-10,13H,7-8,11-12H2,1-6H3,(H,24,25). The first kappa shape index (κ1) is 19.1. The van der Waals surface area contributed by atoms with Crippen molar-refractivity contribution in [3.8, 4) is 0 Å². The van der Waals surface area contributed by atoms with Crippen LogP contribution >= 0.6 is 0 Å². The second-order valence-electron chi connectivity index (χ2n) is 7.16. The number of aromatic nitrogens is 4. The maximum Gasteiger partial charge on any atom is 0.159 e. The molecule has 0 bridgehead atoms. The summed E-state index contributed by atoms with van der Waals surface area (Å²) in [5, 5.41) is 8.09. The van der Waals surface area contributed by atoms with Gasteiger partial charge in [-0.3, -0.25) is 4.98 Å². The minimum absolute atomic E-state index is 0.852. The normalized spacial score (nSPS) is 11.2. The highest BCUT2D eigenvalue weighted by atomic mass is 15.4. The Bertz CT molecular complexity index is 914. The fraction of sp³-hybridized carbons (Fsp3) is 0.476. The predicted molar refractivity (Wildman–Crippen MR) is 112 cm³/mol. The summed E-state index contributed by atoms with van der Waals surface area (Å²) in [6.45, 7) is 14.7. The van der Waals surface area contributed by atoms with E-state index in [4.69, 9.17) is 4.98 Å². The van der Waals surface area contributed by atoms with Gasteiger partial charge in [0.15, 0.2) is 5.65 Å². The van der Waals surface area contributed by atoms with Gasteiger partial charge < -0.3 is 10.2 Å². The van der Waals surface area contributed by atoms with E-state index in [0.717, 1.165) is 65.9 Å². The molecular formula is C21H30N6. The minimum atomic E-state index is 0.852. The molecule has 0 spiro atoms. The van der Waals surface area contributed by atoms with Gasteiger partial charge in [0, 0.05) is 30.4 Å². The lowest BCUT2D eigenvalue weighted by Crippen LogP contribution is -2.28. The molecule has 0 aliphatic rings. The third-order valence-electron chi connectivity index (χ3n) is 4.80. The minimum Gasteiger partial charge on any atom is -0.356 e. The molecule has 0 aliphatic carbocycles. The van der Waals surface area contributed by atoms with Gasteiger partial charge in [0.2, 0.25) is 0 Å². The second kappa shape index (κ2) is 7.94. The Morgan fingerprint density at radius 1 is 1.04 bits per heavy atom. The molecule has 6 heteroatoms. The molecule has 0 radical (unpaired) electrons. The number of anilines is 3. The van der Waals surface area contributed by atoms with Crippen molar-refractivity contribution >= 4 is 23.0 Å². The predicted octanol–water partition coefficient (Wildman–Crippen LogP) is 4.73. The average molecular weight is 367 g/mol. The third kappa shape index (κ3) is 3.75. The molecule has 0 saturated carbocycles. The highest BCUT2D eigenvalue weighted by Gasteiger charge is 2.19. The molecule has 6 nitrogen and oxygen atoms in total. The van der Waals surface area contributed by atoms with E-state index in [1.165, 1.54) is 5.56 Å². The van der Waals surface area contributed by atoms with Gasteiger partial charge in [-0.15, -0.1) is 0 Å². The largest absolute Gasteiger partial charge is 0.356 e. The molecule has 0 saturated heterocycles. The Kier molecular flexibility index (Phi) is 5.63. The molecule has 3 aromatic rings. The van der Waals surface area contributed by atoms with Gasteiger partial charge in [0.05, 0.1) is 17.6 Å². The van der Waals surface area contributed by atoms with Crippen LogP contribution in [-0.2, 0) is 0 Å². The summed E-state index contributed by atoms with van der Waals surface area (Å²) in [5.74, 6) is 1.98. The van der Waals surface area contributed by atoms with Crippen LogP contribution in [0.25, 0.3) is 5.65 Å². The molecule has 144 valence electrons. The number of fused-ring (bicyclic) bond motifs is 1. The van der Waals surface area contributed by atoms with E-state index in [-0.39, 0.29) is 0 Å². The van der Waals surface area contributed by atoms with Gasteiger partial charge >= 0.3 is 0 Å². The molecule has 0 amide bonds. The summed E-state index contributed by atoms with van der Waals surface area (Å²) in [5.41, 5.74) is 6.18. The molecule has 0 unspecified atom stereocenters. The van der Waals surface area contributed by atoms with Crippen LogP contribution in [0.1, 0.15) is 49.2 Å². The number of nitrogens with one attached hydrogen (secondary N) is 1. The summed E-state index contributed by atoms with van der Waals surface area (Å²) in [6, 6.07) is 4.06. The maximum atomic E-state index is 4.83. The van der Waals surface area contributed by atoms with Crippen molar-refractivity contribution in [2.45, 2.75) is 54.4 Å². The number of rotatable bonds is 7. The van der Waals surface area contributed by atoms with Gasteiger partial charge in [0.1, 0.15) is 11.6 Å². The lowest BCUT2D eigenvalue weighted by molar-refractivity contribution is 0.712. The van der Waals surface area contributed by atoms with Crippen LogP contribution in [0.4, 0.5) is 17.3 Å². The monoisotopic (exact) mass is 366 g/mol. The van der Waals surface area contributed by atoms with E-state index in [1.807, 2.05) is 30.6 Å². The van der Waals surface area contributed by atoms with Crippen molar-refractivity contribution in [2.75, 3.05) is 23.3 Å². The molecule has 0 atom stereocenters. The fourth-order valence-corrected chi connectivity index (χ4v) is 3.69. The first-order valence-corrected chi connectivity index (χ1v) is 9.77. The summed E-state index contributed by atoms with van der Waals surface area (Å²) in [4.78, 5) is 11.9. The lowest BCUT2D eigenvalue weighted by atomic mass is 10.1. The molecule has 1 N–H and O–H groups in total. The first-order chi connectivity index (χ1) is 13.0. The maximum absolute atomic E-state index is 4.83.